The van der Waals surface area contributed by atoms with Gasteiger partial charge in [-0.05, 0) is 0 Å². The lowest BCUT2D eigenvalue weighted by molar-refractivity contribution is -0.174. The second-order valence-corrected chi connectivity index (χ2v) is 3.79. The fourth-order valence-electron chi connectivity index (χ4n) is 0.865. The van der Waals surface area contributed by atoms with E-state index in [0.717, 1.165) is 11.3 Å². The van der Waals surface area contributed by atoms with E-state index in [2.05, 4.69) is 20.3 Å². The normalized spacial score (nSPS) is 12.1. The zero-order chi connectivity index (χ0) is 14.5. The van der Waals surface area contributed by atoms with Crippen LogP contribution in [0.1, 0.15) is 5.69 Å². The molecule has 0 atom stereocenters. The summed E-state index contributed by atoms with van der Waals surface area (Å²) < 4.78 is 35.4. The van der Waals surface area contributed by atoms with Gasteiger partial charge in [-0.2, -0.15) is 13.2 Å². The third kappa shape index (κ3) is 4.91. The molecule has 0 saturated carbocycles. The highest BCUT2D eigenvalue weighted by atomic mass is 32.1. The van der Waals surface area contributed by atoms with Gasteiger partial charge < -0.3 is 15.3 Å². The van der Waals surface area contributed by atoms with Crippen LogP contribution in [0.5, 0.6) is 0 Å². The number of nitrogens with one attached hydrogen (secondary N) is 1. The van der Waals surface area contributed by atoms with Crippen molar-refractivity contribution in [3.05, 3.63) is 11.1 Å². The predicted octanol–water partition coefficient (Wildman–Crippen LogP) is 1.08. The standard InChI is InChI=1S/C8H6F3N3O4S/c9-8(10,11)2-18-14-5(6(16)17)4-1-19-7(13-4)12-3-15/h1,3H,2H2,(H,16,17)(H,12,13,15)/b14-5-. The molecule has 2 N–H and O–H groups in total. The molecule has 1 aromatic heterocycles. The molecule has 0 aliphatic carbocycles. The number of anilines is 1. The molecule has 0 unspecified atom stereocenters. The quantitative estimate of drug-likeness (QED) is 0.465. The summed E-state index contributed by atoms with van der Waals surface area (Å²) in [6.45, 7) is -1.71. The van der Waals surface area contributed by atoms with Crippen molar-refractivity contribution in [3.63, 3.8) is 0 Å². The Hall–Kier alpha value is -2.17. The van der Waals surface area contributed by atoms with Crippen LogP contribution in [0.2, 0.25) is 0 Å². The van der Waals surface area contributed by atoms with Crippen molar-refractivity contribution in [3.8, 4) is 0 Å². The van der Waals surface area contributed by atoms with Crippen LogP contribution in [0.15, 0.2) is 10.5 Å². The van der Waals surface area contributed by atoms with Crippen molar-refractivity contribution in [2.45, 2.75) is 6.18 Å². The number of nitrogens with zero attached hydrogens (tertiary/aromatic N) is 2. The summed E-state index contributed by atoms with van der Waals surface area (Å²) in [5.41, 5.74) is -1.01. The number of hydrogen-bond acceptors (Lipinski definition) is 6. The van der Waals surface area contributed by atoms with Crippen LogP contribution in [0.25, 0.3) is 0 Å². The first-order chi connectivity index (χ1) is 8.83. The van der Waals surface area contributed by atoms with Gasteiger partial charge in [0.25, 0.3) is 0 Å². The third-order valence-electron chi connectivity index (χ3n) is 1.52. The molecule has 11 heteroatoms. The Bertz CT molecular complexity index is 500. The van der Waals surface area contributed by atoms with Crippen molar-refractivity contribution in [1.82, 2.24) is 4.98 Å². The molecule has 0 bridgehead atoms. The molecule has 0 aliphatic heterocycles. The van der Waals surface area contributed by atoms with E-state index in [4.69, 9.17) is 5.11 Å². The maximum atomic E-state index is 11.8. The third-order valence-corrected chi connectivity index (χ3v) is 2.29. The number of carboxylic acid groups (broad SMARTS) is 1. The SMILES string of the molecule is O=CNc1nc(/C(=N/OCC(F)(F)F)C(=O)O)cs1. The minimum atomic E-state index is -4.63. The first-order valence-electron chi connectivity index (χ1n) is 4.49. The molecular formula is C8H6F3N3O4S. The molecule has 1 aromatic rings. The summed E-state index contributed by atoms with van der Waals surface area (Å²) in [6, 6.07) is 0. The second-order valence-electron chi connectivity index (χ2n) is 2.93. The molecule has 1 amide bonds. The number of halogens is 3. The minimum absolute atomic E-state index is 0.0785. The summed E-state index contributed by atoms with van der Waals surface area (Å²) in [6.07, 6.45) is -4.31. The maximum Gasteiger partial charge on any atom is 0.425 e. The van der Waals surface area contributed by atoms with E-state index in [0.29, 0.717) is 6.41 Å². The van der Waals surface area contributed by atoms with Gasteiger partial charge in [-0.25, -0.2) is 9.78 Å². The summed E-state index contributed by atoms with van der Waals surface area (Å²) in [4.78, 5) is 28.5. The molecular weight excluding hydrogens is 291 g/mol. The van der Waals surface area contributed by atoms with E-state index >= 15 is 0 Å². The topological polar surface area (TPSA) is 101 Å². The fraction of sp³-hybridized carbons (Fsp3) is 0.250. The van der Waals surface area contributed by atoms with Gasteiger partial charge in [-0.1, -0.05) is 5.16 Å². The van der Waals surface area contributed by atoms with Crippen molar-refractivity contribution in [2.75, 3.05) is 11.9 Å². The number of carbonyl (C=O) groups is 2. The lowest BCUT2D eigenvalue weighted by atomic mass is 10.3. The Labute approximate surface area is 107 Å². The van der Waals surface area contributed by atoms with Crippen LogP contribution in [-0.4, -0.2) is 41.0 Å². The molecule has 0 radical (unpaired) electrons. The number of hydrogen-bond donors (Lipinski definition) is 2. The lowest BCUT2D eigenvalue weighted by Gasteiger charge is -2.04. The smallest absolute Gasteiger partial charge is 0.425 e. The molecule has 1 rings (SSSR count). The number of thiazole rings is 1. The van der Waals surface area contributed by atoms with Gasteiger partial charge in [0.05, 0.1) is 0 Å². The Morgan fingerprint density at radius 3 is 2.84 bits per heavy atom. The van der Waals surface area contributed by atoms with Crippen molar-refractivity contribution in [2.24, 2.45) is 5.16 Å². The largest absolute Gasteiger partial charge is 0.476 e. The Morgan fingerprint density at radius 1 is 1.63 bits per heavy atom. The molecule has 0 spiro atoms. The summed E-state index contributed by atoms with van der Waals surface area (Å²) in [5.74, 6) is -1.61. The number of amides is 1. The summed E-state index contributed by atoms with van der Waals surface area (Å²) >= 11 is 0.883. The number of carboxylic acids is 1. The lowest BCUT2D eigenvalue weighted by Crippen LogP contribution is -2.19. The van der Waals surface area contributed by atoms with Crippen LogP contribution in [0.3, 0.4) is 0 Å². The highest BCUT2D eigenvalue weighted by molar-refractivity contribution is 7.14. The molecule has 0 aromatic carbocycles. The number of aliphatic carboxylic acids is 1. The molecule has 104 valence electrons. The number of aromatic nitrogens is 1. The molecule has 19 heavy (non-hydrogen) atoms. The number of alkyl halides is 3. The Morgan fingerprint density at radius 2 is 2.32 bits per heavy atom. The van der Waals surface area contributed by atoms with Crippen LogP contribution in [0.4, 0.5) is 18.3 Å². The monoisotopic (exact) mass is 297 g/mol. The molecule has 7 nitrogen and oxygen atoms in total. The van der Waals surface area contributed by atoms with E-state index in [-0.39, 0.29) is 10.8 Å². The van der Waals surface area contributed by atoms with Gasteiger partial charge in [0.2, 0.25) is 18.7 Å². The molecule has 0 saturated heterocycles. The van der Waals surface area contributed by atoms with Gasteiger partial charge in [0, 0.05) is 5.38 Å². The zero-order valence-electron chi connectivity index (χ0n) is 8.97. The van der Waals surface area contributed by atoms with Gasteiger partial charge in [0.1, 0.15) is 5.69 Å². The Balaban J connectivity index is 2.84. The average molecular weight is 297 g/mol. The average Bonchev–Trinajstić information content (AvgIpc) is 2.71. The summed E-state index contributed by atoms with van der Waals surface area (Å²) in [7, 11) is 0. The van der Waals surface area contributed by atoms with E-state index in [1.807, 2.05) is 0 Å². The van der Waals surface area contributed by atoms with Crippen molar-refractivity contribution in [1.29, 1.82) is 0 Å². The zero-order valence-corrected chi connectivity index (χ0v) is 9.79. The molecule has 1 heterocycles. The fourth-order valence-corrected chi connectivity index (χ4v) is 1.52. The van der Waals surface area contributed by atoms with Gasteiger partial charge in [-0.15, -0.1) is 11.3 Å². The number of oxime groups is 1. The van der Waals surface area contributed by atoms with E-state index in [9.17, 15) is 22.8 Å². The number of rotatable bonds is 6. The van der Waals surface area contributed by atoms with E-state index in [1.165, 1.54) is 5.38 Å². The number of carbonyl (C=O) groups excluding carboxylic acids is 1. The maximum absolute atomic E-state index is 11.8. The van der Waals surface area contributed by atoms with Gasteiger partial charge >= 0.3 is 12.1 Å². The Kier molecular flexibility index (Phi) is 4.80. The van der Waals surface area contributed by atoms with Crippen LogP contribution in [-0.2, 0) is 14.4 Å². The van der Waals surface area contributed by atoms with Crippen molar-refractivity contribution >= 4 is 34.6 Å². The highest BCUT2D eigenvalue weighted by Gasteiger charge is 2.29. The predicted molar refractivity (Wildman–Crippen MR) is 58.0 cm³/mol. The van der Waals surface area contributed by atoms with Crippen molar-refractivity contribution < 1.29 is 32.7 Å². The summed E-state index contributed by atoms with van der Waals surface area (Å²) in [5, 5.41) is 15.1. The molecule has 0 fully saturated rings. The van der Waals surface area contributed by atoms with E-state index < -0.39 is 24.5 Å². The second kappa shape index (κ2) is 6.13. The first kappa shape index (κ1) is 14.9. The highest BCUT2D eigenvalue weighted by Crippen LogP contribution is 2.17. The first-order valence-corrected chi connectivity index (χ1v) is 5.37. The minimum Gasteiger partial charge on any atom is -0.476 e. The molecule has 0 aliphatic rings. The van der Waals surface area contributed by atoms with Crippen LogP contribution >= 0.6 is 11.3 Å². The van der Waals surface area contributed by atoms with Crippen LogP contribution < -0.4 is 5.32 Å². The van der Waals surface area contributed by atoms with Gasteiger partial charge in [0.15, 0.2) is 5.13 Å². The van der Waals surface area contributed by atoms with E-state index in [1.54, 1.807) is 0 Å². The van der Waals surface area contributed by atoms with Crippen LogP contribution in [0, 0.1) is 0 Å². The van der Waals surface area contributed by atoms with Gasteiger partial charge in [-0.3, -0.25) is 4.79 Å².